The number of hydrogen-bond donors (Lipinski definition) is 0. The summed E-state index contributed by atoms with van der Waals surface area (Å²) in [6.07, 6.45) is 8.09. The van der Waals surface area contributed by atoms with Gasteiger partial charge in [-0.1, -0.05) is 74.4 Å². The van der Waals surface area contributed by atoms with Crippen LogP contribution in [-0.2, 0) is 13.0 Å². The van der Waals surface area contributed by atoms with Gasteiger partial charge in [-0.15, -0.1) is 0 Å². The van der Waals surface area contributed by atoms with Gasteiger partial charge in [0, 0.05) is 30.1 Å². The average Bonchev–Trinajstić information content (AvgIpc) is 2.69. The third-order valence-corrected chi connectivity index (χ3v) is 6.48. The highest BCUT2D eigenvalue weighted by molar-refractivity contribution is 5.98. The molecule has 0 saturated carbocycles. The topological polar surface area (TPSA) is 20.3 Å². The molecule has 2 nitrogen and oxygen atoms in total. The van der Waals surface area contributed by atoms with Crippen LogP contribution in [0.3, 0.4) is 0 Å². The lowest BCUT2D eigenvalue weighted by molar-refractivity contribution is 0.00906. The van der Waals surface area contributed by atoms with Crippen molar-refractivity contribution in [2.75, 3.05) is 0 Å². The first kappa shape index (κ1) is 18.4. The number of Topliss-reactive ketones (excluding diaryl/α,β-unsaturated/α-hetero) is 1. The second-order valence-electron chi connectivity index (χ2n) is 8.38. The maximum Gasteiger partial charge on any atom is 0.166 e. The molecule has 0 N–H and O–H groups in total. The monoisotopic (exact) mass is 361 g/mol. The zero-order valence-corrected chi connectivity index (χ0v) is 16.4. The molecule has 2 atom stereocenters. The molecular formula is C25H31NO. The zero-order chi connectivity index (χ0) is 18.6. The molecule has 2 heterocycles. The van der Waals surface area contributed by atoms with Crippen molar-refractivity contribution >= 4 is 5.78 Å². The molecule has 0 aromatic heterocycles. The molecule has 2 bridgehead atoms. The van der Waals surface area contributed by atoms with E-state index in [1.807, 2.05) is 0 Å². The summed E-state index contributed by atoms with van der Waals surface area (Å²) >= 11 is 0. The van der Waals surface area contributed by atoms with E-state index >= 15 is 0 Å². The number of rotatable bonds is 6. The summed E-state index contributed by atoms with van der Waals surface area (Å²) in [6.45, 7) is 3.23. The molecule has 2 saturated heterocycles. The van der Waals surface area contributed by atoms with Gasteiger partial charge in [0.25, 0.3) is 0 Å². The van der Waals surface area contributed by atoms with Crippen LogP contribution in [0.15, 0.2) is 54.6 Å². The summed E-state index contributed by atoms with van der Waals surface area (Å²) < 4.78 is 0. The summed E-state index contributed by atoms with van der Waals surface area (Å²) in [5.41, 5.74) is 3.64. The van der Waals surface area contributed by atoms with E-state index in [2.05, 4.69) is 66.4 Å². The number of benzene rings is 2. The van der Waals surface area contributed by atoms with E-state index in [0.29, 0.717) is 17.9 Å². The van der Waals surface area contributed by atoms with Crippen LogP contribution in [0, 0.1) is 5.92 Å². The molecule has 0 radical (unpaired) electrons. The van der Waals surface area contributed by atoms with E-state index < -0.39 is 0 Å². The largest absolute Gasteiger partial charge is 0.294 e. The minimum absolute atomic E-state index is 0.198. The number of nitrogens with zero attached hydrogens (tertiary/aromatic N) is 1. The zero-order valence-electron chi connectivity index (χ0n) is 16.4. The van der Waals surface area contributed by atoms with Gasteiger partial charge in [-0.05, 0) is 43.2 Å². The van der Waals surface area contributed by atoms with Crippen molar-refractivity contribution in [1.29, 1.82) is 0 Å². The minimum atomic E-state index is 0.198. The molecule has 2 aromatic rings. The Morgan fingerprint density at radius 3 is 2.22 bits per heavy atom. The van der Waals surface area contributed by atoms with Gasteiger partial charge in [0.1, 0.15) is 0 Å². The lowest BCUT2D eigenvalue weighted by atomic mass is 9.75. The van der Waals surface area contributed by atoms with E-state index in [9.17, 15) is 4.79 Å². The van der Waals surface area contributed by atoms with Crippen LogP contribution >= 0.6 is 0 Å². The van der Waals surface area contributed by atoms with E-state index in [1.165, 1.54) is 30.4 Å². The Kier molecular flexibility index (Phi) is 5.73. The predicted octanol–water partition coefficient (Wildman–Crippen LogP) is 5.66. The van der Waals surface area contributed by atoms with E-state index in [1.54, 1.807) is 0 Å². The van der Waals surface area contributed by atoms with Crippen LogP contribution in [0.4, 0.5) is 0 Å². The van der Waals surface area contributed by atoms with Crippen molar-refractivity contribution in [2.24, 2.45) is 5.92 Å². The number of hydrogen-bond acceptors (Lipinski definition) is 2. The average molecular weight is 362 g/mol. The maximum atomic E-state index is 13.1. The first-order chi connectivity index (χ1) is 13.2. The molecule has 27 heavy (non-hydrogen) atoms. The highest BCUT2D eigenvalue weighted by atomic mass is 16.1. The summed E-state index contributed by atoms with van der Waals surface area (Å²) in [6, 6.07) is 20.3. The fraction of sp³-hybridized carbons (Fsp3) is 0.480. The molecule has 2 unspecified atom stereocenters. The number of aryl methyl sites for hydroxylation is 1. The highest BCUT2D eigenvalue weighted by Gasteiger charge is 2.40. The molecule has 2 aromatic carbocycles. The van der Waals surface area contributed by atoms with Crippen molar-refractivity contribution in [2.45, 2.75) is 70.5 Å². The smallest absolute Gasteiger partial charge is 0.166 e. The predicted molar refractivity (Wildman–Crippen MR) is 111 cm³/mol. The van der Waals surface area contributed by atoms with E-state index in [0.717, 1.165) is 37.8 Å². The first-order valence-corrected chi connectivity index (χ1v) is 10.7. The molecule has 0 spiro atoms. The number of carbonyl (C=O) groups is 1. The van der Waals surface area contributed by atoms with Crippen molar-refractivity contribution in [3.8, 4) is 0 Å². The third kappa shape index (κ3) is 4.16. The van der Waals surface area contributed by atoms with Crippen LogP contribution in [0.1, 0.15) is 66.9 Å². The Bertz CT molecular complexity index is 738. The van der Waals surface area contributed by atoms with Crippen LogP contribution in [0.25, 0.3) is 0 Å². The van der Waals surface area contributed by atoms with Crippen LogP contribution in [-0.4, -0.2) is 22.8 Å². The van der Waals surface area contributed by atoms with Gasteiger partial charge >= 0.3 is 0 Å². The molecular weight excluding hydrogens is 330 g/mol. The maximum absolute atomic E-state index is 13.1. The fourth-order valence-corrected chi connectivity index (χ4v) is 5.11. The third-order valence-electron chi connectivity index (χ3n) is 6.48. The molecule has 4 rings (SSSR count). The van der Waals surface area contributed by atoms with Gasteiger partial charge in [0.15, 0.2) is 5.78 Å². The number of piperidine rings is 2. The molecule has 142 valence electrons. The second-order valence-corrected chi connectivity index (χ2v) is 8.38. The number of carbonyl (C=O) groups excluding carboxylic acids is 1. The number of ketones is 1. The quantitative estimate of drug-likeness (QED) is 0.619. The normalized spacial score (nSPS) is 25.3. The summed E-state index contributed by atoms with van der Waals surface area (Å²) in [4.78, 5) is 15.8. The summed E-state index contributed by atoms with van der Waals surface area (Å²) in [7, 11) is 0. The Morgan fingerprint density at radius 1 is 0.926 bits per heavy atom. The van der Waals surface area contributed by atoms with Crippen LogP contribution in [0.2, 0.25) is 0 Å². The summed E-state index contributed by atoms with van der Waals surface area (Å²) in [5, 5.41) is 0. The molecule has 2 aliphatic rings. The van der Waals surface area contributed by atoms with Crippen molar-refractivity contribution < 1.29 is 4.79 Å². The SMILES string of the molecule is CCCc1ccc(C(=O)C2CC3CCCC(C2)N3Cc2ccccc2)cc1. The second kappa shape index (κ2) is 8.39. The Morgan fingerprint density at radius 2 is 1.59 bits per heavy atom. The van der Waals surface area contributed by atoms with Gasteiger partial charge in [-0.2, -0.15) is 0 Å². The van der Waals surface area contributed by atoms with Crippen molar-refractivity contribution in [3.05, 3.63) is 71.3 Å². The lowest BCUT2D eigenvalue weighted by Gasteiger charge is -2.48. The Labute approximate surface area is 163 Å². The van der Waals surface area contributed by atoms with E-state index in [-0.39, 0.29) is 5.92 Å². The van der Waals surface area contributed by atoms with Gasteiger partial charge in [-0.3, -0.25) is 9.69 Å². The molecule has 0 aliphatic carbocycles. The van der Waals surface area contributed by atoms with Crippen molar-refractivity contribution in [3.63, 3.8) is 0 Å². The minimum Gasteiger partial charge on any atom is -0.294 e. The van der Waals surface area contributed by atoms with Gasteiger partial charge in [0.2, 0.25) is 0 Å². The Hall–Kier alpha value is -1.93. The summed E-state index contributed by atoms with van der Waals surface area (Å²) in [5.74, 6) is 0.568. The van der Waals surface area contributed by atoms with Gasteiger partial charge in [0.05, 0.1) is 0 Å². The molecule has 2 heteroatoms. The molecule has 0 amide bonds. The Balaban J connectivity index is 1.45. The fourth-order valence-electron chi connectivity index (χ4n) is 5.11. The molecule has 2 aliphatic heterocycles. The van der Waals surface area contributed by atoms with Crippen LogP contribution in [0.5, 0.6) is 0 Å². The first-order valence-electron chi connectivity index (χ1n) is 10.7. The highest BCUT2D eigenvalue weighted by Crippen LogP contribution is 2.39. The van der Waals surface area contributed by atoms with Crippen LogP contribution < -0.4 is 0 Å². The van der Waals surface area contributed by atoms with Gasteiger partial charge < -0.3 is 0 Å². The molecule has 2 fully saturated rings. The van der Waals surface area contributed by atoms with E-state index in [4.69, 9.17) is 0 Å². The lowest BCUT2D eigenvalue weighted by Crippen LogP contribution is -2.52. The van der Waals surface area contributed by atoms with Crippen molar-refractivity contribution in [1.82, 2.24) is 4.90 Å². The number of fused-ring (bicyclic) bond motifs is 2. The standard InChI is InChI=1S/C25H31NO/c1-2-7-19-12-14-21(15-13-19)25(27)22-16-23-10-6-11-24(17-22)26(23)18-20-8-4-3-5-9-20/h3-5,8-9,12-15,22-24H,2,6-7,10-11,16-18H2,1H3. The van der Waals surface area contributed by atoms with Gasteiger partial charge in [-0.25, -0.2) is 0 Å².